The summed E-state index contributed by atoms with van der Waals surface area (Å²) < 4.78 is 28.6. The van der Waals surface area contributed by atoms with Gasteiger partial charge in [-0.05, 0) is 41.6 Å². The van der Waals surface area contributed by atoms with Crippen LogP contribution in [0.2, 0.25) is 0 Å². The molecule has 0 saturated carbocycles. The third-order valence-corrected chi connectivity index (χ3v) is 5.20. The van der Waals surface area contributed by atoms with Crippen molar-refractivity contribution in [1.29, 1.82) is 5.26 Å². The van der Waals surface area contributed by atoms with Gasteiger partial charge in [0.1, 0.15) is 53.2 Å². The number of hydrogen-bond donors (Lipinski definition) is 0. The monoisotopic (exact) mass is 471 g/mol. The number of nitriles is 1. The van der Waals surface area contributed by atoms with Gasteiger partial charge in [0.25, 0.3) is 0 Å². The van der Waals surface area contributed by atoms with Crippen LogP contribution in [0.5, 0.6) is 11.5 Å². The van der Waals surface area contributed by atoms with Crippen molar-refractivity contribution in [3.63, 3.8) is 0 Å². The number of nitrogens with zero attached hydrogens (tertiary/aromatic N) is 9. The molecule has 0 aliphatic carbocycles. The van der Waals surface area contributed by atoms with Crippen LogP contribution in [0.4, 0.5) is 4.39 Å². The molecule has 35 heavy (non-hydrogen) atoms. The molecule has 0 fully saturated rings. The molecule has 0 spiro atoms. The molecule has 0 radical (unpaired) electrons. The molecule has 1 aromatic carbocycles. The first-order chi connectivity index (χ1) is 17.1. The Kier molecular flexibility index (Phi) is 5.72. The maximum Gasteiger partial charge on any atom is 0.165 e. The summed E-state index contributed by atoms with van der Waals surface area (Å²) in [6.45, 7) is 2.39. The van der Waals surface area contributed by atoms with Crippen LogP contribution in [-0.2, 0) is 6.54 Å². The van der Waals surface area contributed by atoms with Crippen molar-refractivity contribution in [2.75, 3.05) is 7.11 Å². The van der Waals surface area contributed by atoms with E-state index in [-0.39, 0.29) is 23.1 Å². The summed E-state index contributed by atoms with van der Waals surface area (Å²) in [5.41, 5.74) is 2.59. The van der Waals surface area contributed by atoms with E-state index in [1.807, 2.05) is 6.92 Å². The van der Waals surface area contributed by atoms with Crippen LogP contribution in [0.1, 0.15) is 12.5 Å². The molecule has 12 heteroatoms. The van der Waals surface area contributed by atoms with Crippen molar-refractivity contribution in [3.05, 3.63) is 66.6 Å². The van der Waals surface area contributed by atoms with Crippen LogP contribution in [0.25, 0.3) is 28.2 Å². The largest absolute Gasteiger partial charge is 0.495 e. The van der Waals surface area contributed by atoms with Crippen molar-refractivity contribution >= 4 is 11.2 Å². The maximum absolute atomic E-state index is 14.3. The number of rotatable bonds is 7. The number of methoxy groups -OCH3 is 1. The lowest BCUT2D eigenvalue weighted by atomic mass is 10.1. The van der Waals surface area contributed by atoms with E-state index in [1.165, 1.54) is 25.8 Å². The number of aromatic nitrogens is 8. The average Bonchev–Trinajstić information content (AvgIpc) is 3.53. The van der Waals surface area contributed by atoms with Crippen LogP contribution >= 0.6 is 0 Å². The molecule has 0 bridgehead atoms. The fraction of sp³-hybridized carbons (Fsp3) is 0.174. The van der Waals surface area contributed by atoms with E-state index in [2.05, 4.69) is 31.6 Å². The highest BCUT2D eigenvalue weighted by Gasteiger charge is 2.17. The quantitative estimate of drug-likeness (QED) is 0.352. The predicted molar refractivity (Wildman–Crippen MR) is 121 cm³/mol. The lowest BCUT2D eigenvalue weighted by Gasteiger charge is -2.14. The van der Waals surface area contributed by atoms with Crippen LogP contribution in [0.3, 0.4) is 0 Å². The molecule has 4 aromatic heterocycles. The van der Waals surface area contributed by atoms with Gasteiger partial charge < -0.3 is 9.47 Å². The van der Waals surface area contributed by atoms with Gasteiger partial charge >= 0.3 is 0 Å². The Morgan fingerprint density at radius 3 is 2.77 bits per heavy atom. The zero-order valence-corrected chi connectivity index (χ0v) is 18.7. The van der Waals surface area contributed by atoms with Crippen molar-refractivity contribution in [2.24, 2.45) is 0 Å². The lowest BCUT2D eigenvalue weighted by Crippen LogP contribution is -2.20. The Bertz CT molecular complexity index is 1540. The molecule has 0 unspecified atom stereocenters. The highest BCUT2D eigenvalue weighted by Crippen LogP contribution is 2.29. The minimum atomic E-state index is -0.545. The van der Waals surface area contributed by atoms with E-state index in [4.69, 9.17) is 14.5 Å². The number of halogens is 1. The molecule has 4 heterocycles. The molecule has 11 nitrogen and oxygen atoms in total. The van der Waals surface area contributed by atoms with E-state index in [9.17, 15) is 9.65 Å². The second-order valence-electron chi connectivity index (χ2n) is 7.60. The van der Waals surface area contributed by atoms with Gasteiger partial charge in [0.05, 0.1) is 30.7 Å². The Morgan fingerprint density at radius 2 is 2.00 bits per heavy atom. The van der Waals surface area contributed by atoms with E-state index < -0.39 is 5.82 Å². The van der Waals surface area contributed by atoms with Crippen molar-refractivity contribution in [3.8, 4) is 34.6 Å². The number of pyridine rings is 2. The van der Waals surface area contributed by atoms with Crippen LogP contribution < -0.4 is 9.47 Å². The number of fused-ring (bicyclic) bond motifs is 1. The van der Waals surface area contributed by atoms with E-state index >= 15 is 0 Å². The third-order valence-electron chi connectivity index (χ3n) is 5.20. The molecule has 0 amide bonds. The highest BCUT2D eigenvalue weighted by atomic mass is 19.1. The Hall–Kier alpha value is -4.92. The summed E-state index contributed by atoms with van der Waals surface area (Å²) in [4.78, 5) is 13.5. The SMILES string of the molecule is COc1cc(F)cc(-n2cnc3ccc(-c4cc(O[C@@H](C)Cn5cnnn5)ccn4)nc32)c1C#N. The van der Waals surface area contributed by atoms with Crippen molar-refractivity contribution in [2.45, 2.75) is 19.6 Å². The molecule has 0 N–H and O–H groups in total. The van der Waals surface area contributed by atoms with Crippen LogP contribution in [-0.4, -0.2) is 52.9 Å². The lowest BCUT2D eigenvalue weighted by molar-refractivity contribution is 0.193. The predicted octanol–water partition coefficient (Wildman–Crippen LogP) is 2.96. The first kappa shape index (κ1) is 21.9. The summed E-state index contributed by atoms with van der Waals surface area (Å²) in [7, 11) is 1.38. The first-order valence-electron chi connectivity index (χ1n) is 10.5. The number of hydrogen-bond acceptors (Lipinski definition) is 9. The van der Waals surface area contributed by atoms with Crippen molar-refractivity contribution in [1.82, 2.24) is 39.7 Å². The number of tetrazole rings is 1. The fourth-order valence-electron chi connectivity index (χ4n) is 3.67. The fourth-order valence-corrected chi connectivity index (χ4v) is 3.67. The topological polar surface area (TPSA) is 129 Å². The van der Waals surface area contributed by atoms with Crippen molar-refractivity contribution < 1.29 is 13.9 Å². The minimum Gasteiger partial charge on any atom is -0.495 e. The van der Waals surface area contributed by atoms with Gasteiger partial charge in [0.2, 0.25) is 0 Å². The molecule has 0 aliphatic rings. The standard InChI is InChI=1S/C23H18FN9O2/c1-14(11-32-13-28-30-31-32)35-16-5-6-26-20(9-16)18-3-4-19-23(29-18)33(12-27-19)21-7-15(24)8-22(34-2)17(21)10-25/h3-9,12-14H,11H2,1-2H3/t14-/m0/s1. The van der Waals surface area contributed by atoms with Gasteiger partial charge in [-0.1, -0.05) is 0 Å². The average molecular weight is 471 g/mol. The first-order valence-corrected chi connectivity index (χ1v) is 10.5. The number of ether oxygens (including phenoxy) is 2. The Morgan fingerprint density at radius 1 is 1.11 bits per heavy atom. The summed E-state index contributed by atoms with van der Waals surface area (Å²) in [5.74, 6) is 0.187. The Labute approximate surface area is 198 Å². The second kappa shape index (κ2) is 9.14. The smallest absolute Gasteiger partial charge is 0.165 e. The summed E-state index contributed by atoms with van der Waals surface area (Å²) in [6.07, 6.45) is 4.44. The van der Waals surface area contributed by atoms with E-state index in [0.29, 0.717) is 34.8 Å². The molecule has 5 aromatic rings. The van der Waals surface area contributed by atoms with Gasteiger partial charge in [-0.25, -0.2) is 19.0 Å². The summed E-state index contributed by atoms with van der Waals surface area (Å²) in [6, 6.07) is 11.6. The molecule has 0 saturated heterocycles. The number of imidazole rings is 1. The molecule has 5 rings (SSSR count). The van der Waals surface area contributed by atoms with Crippen LogP contribution in [0.15, 0.2) is 55.2 Å². The van der Waals surface area contributed by atoms with E-state index in [1.54, 1.807) is 39.7 Å². The molecular formula is C23H18FN9O2. The molecule has 0 aliphatic heterocycles. The van der Waals surface area contributed by atoms with Crippen LogP contribution in [0, 0.1) is 17.1 Å². The van der Waals surface area contributed by atoms with Gasteiger partial charge in [0, 0.05) is 18.3 Å². The van der Waals surface area contributed by atoms with E-state index in [0.717, 1.165) is 6.07 Å². The molecule has 174 valence electrons. The van der Waals surface area contributed by atoms with Gasteiger partial charge in [-0.3, -0.25) is 9.55 Å². The zero-order valence-electron chi connectivity index (χ0n) is 18.7. The molecule has 1 atom stereocenters. The molecular weight excluding hydrogens is 453 g/mol. The Balaban J connectivity index is 1.50. The summed E-state index contributed by atoms with van der Waals surface area (Å²) >= 11 is 0. The van der Waals surface area contributed by atoms with Gasteiger partial charge in [-0.15, -0.1) is 5.10 Å². The zero-order chi connectivity index (χ0) is 24.4. The van der Waals surface area contributed by atoms with Gasteiger partial charge in [0.15, 0.2) is 5.65 Å². The normalized spacial score (nSPS) is 11.8. The van der Waals surface area contributed by atoms with Gasteiger partial charge in [-0.2, -0.15) is 5.26 Å². The third kappa shape index (κ3) is 4.34. The highest BCUT2D eigenvalue weighted by molar-refractivity contribution is 5.77. The minimum absolute atomic E-state index is 0.128. The number of benzene rings is 1. The summed E-state index contributed by atoms with van der Waals surface area (Å²) in [5, 5.41) is 20.7. The second-order valence-corrected chi connectivity index (χ2v) is 7.60. The maximum atomic E-state index is 14.3.